The molecule has 0 rings (SSSR count). The zero-order valence-corrected chi connectivity index (χ0v) is 26.6. The van der Waals surface area contributed by atoms with Crippen LogP contribution in [-0.2, 0) is 14.3 Å². The average Bonchev–Trinajstić information content (AvgIpc) is 2.95. The molecule has 0 aromatic rings. The lowest BCUT2D eigenvalue weighted by Crippen LogP contribution is -2.18. The molecule has 234 valence electrons. The van der Waals surface area contributed by atoms with Crippen molar-refractivity contribution in [3.63, 3.8) is 0 Å². The fraction of sp³-hybridized carbons (Fsp3) is 0.676. The Morgan fingerprint density at radius 3 is 1.61 bits per heavy atom. The van der Waals surface area contributed by atoms with Crippen molar-refractivity contribution in [3.05, 3.63) is 60.8 Å². The van der Waals surface area contributed by atoms with Gasteiger partial charge in [0, 0.05) is 12.8 Å². The van der Waals surface area contributed by atoms with Crippen molar-refractivity contribution in [2.75, 3.05) is 0 Å². The van der Waals surface area contributed by atoms with Gasteiger partial charge in [0.05, 0.1) is 0 Å². The monoisotopic (exact) mass is 570 g/mol. The number of carbonyl (C=O) groups excluding carboxylic acids is 1. The summed E-state index contributed by atoms with van der Waals surface area (Å²) in [5.41, 5.74) is 0. The zero-order chi connectivity index (χ0) is 30.1. The SMILES string of the molecule is CC/C=C\C/C=C\C/C=C\C/C=C\C/C=C\CCCCCC(=O)OC(CCCCCCCCCC)CCCC(=O)O. The molecule has 4 heteroatoms. The molecule has 0 amide bonds. The molecule has 0 bridgehead atoms. The van der Waals surface area contributed by atoms with Crippen molar-refractivity contribution in [1.82, 2.24) is 0 Å². The number of carbonyl (C=O) groups is 2. The number of unbranched alkanes of at least 4 members (excludes halogenated alkanes) is 10. The molecule has 0 fully saturated rings. The first-order valence-corrected chi connectivity index (χ1v) is 16.8. The third kappa shape index (κ3) is 32.0. The summed E-state index contributed by atoms with van der Waals surface area (Å²) in [6.07, 6.45) is 43.7. The molecule has 1 atom stereocenters. The Hall–Kier alpha value is -2.36. The molecule has 0 saturated carbocycles. The molecule has 41 heavy (non-hydrogen) atoms. The van der Waals surface area contributed by atoms with Crippen LogP contribution in [0.25, 0.3) is 0 Å². The largest absolute Gasteiger partial charge is 0.481 e. The molecule has 0 saturated heterocycles. The van der Waals surface area contributed by atoms with Crippen LogP contribution in [0.1, 0.15) is 155 Å². The van der Waals surface area contributed by atoms with E-state index in [1.165, 1.54) is 38.5 Å². The van der Waals surface area contributed by atoms with Crippen LogP contribution in [0.5, 0.6) is 0 Å². The van der Waals surface area contributed by atoms with E-state index in [9.17, 15) is 9.59 Å². The zero-order valence-electron chi connectivity index (χ0n) is 26.6. The predicted molar refractivity (Wildman–Crippen MR) is 176 cm³/mol. The van der Waals surface area contributed by atoms with Gasteiger partial charge in [-0.3, -0.25) is 9.59 Å². The van der Waals surface area contributed by atoms with Gasteiger partial charge in [0.15, 0.2) is 0 Å². The molecule has 1 N–H and O–H groups in total. The summed E-state index contributed by atoms with van der Waals surface area (Å²) >= 11 is 0. The quantitative estimate of drug-likeness (QED) is 0.0552. The molecule has 4 nitrogen and oxygen atoms in total. The normalized spacial score (nSPS) is 13.0. The Labute approximate surface area is 253 Å². The molecular weight excluding hydrogens is 508 g/mol. The molecule has 0 aliphatic carbocycles. The number of carboxylic acid groups (broad SMARTS) is 1. The molecule has 0 aliphatic rings. The van der Waals surface area contributed by atoms with E-state index in [2.05, 4.69) is 74.6 Å². The Kier molecular flexibility index (Phi) is 30.3. The van der Waals surface area contributed by atoms with Crippen molar-refractivity contribution >= 4 is 11.9 Å². The van der Waals surface area contributed by atoms with Crippen molar-refractivity contribution < 1.29 is 19.4 Å². The van der Waals surface area contributed by atoms with Gasteiger partial charge in [0.25, 0.3) is 0 Å². The van der Waals surface area contributed by atoms with E-state index in [4.69, 9.17) is 9.84 Å². The highest BCUT2D eigenvalue weighted by molar-refractivity contribution is 5.69. The van der Waals surface area contributed by atoms with Crippen LogP contribution in [0.2, 0.25) is 0 Å². The molecule has 0 heterocycles. The van der Waals surface area contributed by atoms with Gasteiger partial charge in [-0.25, -0.2) is 0 Å². The van der Waals surface area contributed by atoms with Crippen LogP contribution in [0.3, 0.4) is 0 Å². The smallest absolute Gasteiger partial charge is 0.306 e. The van der Waals surface area contributed by atoms with Gasteiger partial charge >= 0.3 is 11.9 Å². The van der Waals surface area contributed by atoms with E-state index in [0.29, 0.717) is 19.3 Å². The third-order valence-corrected chi connectivity index (χ3v) is 7.00. The summed E-state index contributed by atoms with van der Waals surface area (Å²) in [6, 6.07) is 0. The summed E-state index contributed by atoms with van der Waals surface area (Å²) in [5.74, 6) is -0.908. The summed E-state index contributed by atoms with van der Waals surface area (Å²) in [4.78, 5) is 23.3. The van der Waals surface area contributed by atoms with Crippen LogP contribution in [0, 0.1) is 0 Å². The van der Waals surface area contributed by atoms with Crippen LogP contribution in [0.4, 0.5) is 0 Å². The second-order valence-electron chi connectivity index (χ2n) is 11.0. The van der Waals surface area contributed by atoms with Crippen LogP contribution in [0.15, 0.2) is 60.8 Å². The summed E-state index contributed by atoms with van der Waals surface area (Å²) in [5, 5.41) is 8.95. The second kappa shape index (κ2) is 32.2. The number of ether oxygens (including phenoxy) is 1. The highest BCUT2D eigenvalue weighted by atomic mass is 16.5. The lowest BCUT2D eigenvalue weighted by atomic mass is 10.0. The number of allylic oxidation sites excluding steroid dienone is 10. The highest BCUT2D eigenvalue weighted by Gasteiger charge is 2.15. The van der Waals surface area contributed by atoms with Crippen molar-refractivity contribution in [2.24, 2.45) is 0 Å². The summed E-state index contributed by atoms with van der Waals surface area (Å²) in [6.45, 7) is 4.39. The topological polar surface area (TPSA) is 63.6 Å². The fourth-order valence-electron chi connectivity index (χ4n) is 4.57. The minimum Gasteiger partial charge on any atom is -0.481 e. The molecule has 0 radical (unpaired) electrons. The number of hydrogen-bond donors (Lipinski definition) is 1. The van der Waals surface area contributed by atoms with Crippen LogP contribution < -0.4 is 0 Å². The van der Waals surface area contributed by atoms with E-state index in [1.54, 1.807) is 0 Å². The van der Waals surface area contributed by atoms with Gasteiger partial charge in [-0.05, 0) is 77.0 Å². The number of carboxylic acids is 1. The molecule has 0 aromatic heterocycles. The van der Waals surface area contributed by atoms with Crippen molar-refractivity contribution in [1.29, 1.82) is 0 Å². The van der Waals surface area contributed by atoms with Gasteiger partial charge < -0.3 is 9.84 Å². The Bertz CT molecular complexity index is 744. The van der Waals surface area contributed by atoms with Gasteiger partial charge in [-0.15, -0.1) is 0 Å². The predicted octanol–water partition coefficient (Wildman–Crippen LogP) is 11.4. The Balaban J connectivity index is 3.92. The van der Waals surface area contributed by atoms with E-state index in [1.807, 2.05) is 0 Å². The van der Waals surface area contributed by atoms with Crippen LogP contribution >= 0.6 is 0 Å². The first kappa shape index (κ1) is 38.6. The van der Waals surface area contributed by atoms with E-state index in [0.717, 1.165) is 77.0 Å². The third-order valence-electron chi connectivity index (χ3n) is 7.00. The molecule has 1 unspecified atom stereocenters. The minimum atomic E-state index is -0.783. The van der Waals surface area contributed by atoms with E-state index in [-0.39, 0.29) is 18.5 Å². The lowest BCUT2D eigenvalue weighted by Gasteiger charge is -2.18. The van der Waals surface area contributed by atoms with E-state index < -0.39 is 5.97 Å². The van der Waals surface area contributed by atoms with E-state index >= 15 is 0 Å². The first-order valence-electron chi connectivity index (χ1n) is 16.8. The number of rotatable bonds is 29. The second-order valence-corrected chi connectivity index (χ2v) is 11.0. The highest BCUT2D eigenvalue weighted by Crippen LogP contribution is 2.17. The van der Waals surface area contributed by atoms with Gasteiger partial charge in [-0.2, -0.15) is 0 Å². The molecular formula is C37H62O4. The summed E-state index contributed by atoms with van der Waals surface area (Å²) < 4.78 is 5.77. The van der Waals surface area contributed by atoms with Crippen LogP contribution in [-0.4, -0.2) is 23.1 Å². The fourth-order valence-corrected chi connectivity index (χ4v) is 4.57. The maximum Gasteiger partial charge on any atom is 0.306 e. The first-order chi connectivity index (χ1) is 20.1. The molecule has 0 spiro atoms. The molecule has 0 aromatic carbocycles. The summed E-state index contributed by atoms with van der Waals surface area (Å²) in [7, 11) is 0. The number of esters is 1. The number of aliphatic carboxylic acids is 1. The minimum absolute atomic E-state index is 0.125. The maximum absolute atomic E-state index is 12.4. The maximum atomic E-state index is 12.4. The Morgan fingerprint density at radius 1 is 0.561 bits per heavy atom. The average molecular weight is 571 g/mol. The van der Waals surface area contributed by atoms with Crippen molar-refractivity contribution in [3.8, 4) is 0 Å². The van der Waals surface area contributed by atoms with Gasteiger partial charge in [0.1, 0.15) is 6.10 Å². The lowest BCUT2D eigenvalue weighted by molar-refractivity contribution is -0.150. The standard InChI is InChI=1S/C37H62O4/c1-3-5-7-9-11-13-14-15-16-17-18-19-20-21-22-23-25-27-29-34-37(40)41-35(32-30-33-36(38)39)31-28-26-24-12-10-8-6-4-2/h5,7,11,13,15-16,18-19,21-22,35H,3-4,6,8-10,12,14,17,20,23-34H2,1-2H3,(H,38,39)/b7-5-,13-11-,16-15-,19-18-,22-21-. The number of hydrogen-bond acceptors (Lipinski definition) is 3. The van der Waals surface area contributed by atoms with Crippen molar-refractivity contribution in [2.45, 2.75) is 161 Å². The Morgan fingerprint density at radius 2 is 1.05 bits per heavy atom. The van der Waals surface area contributed by atoms with Gasteiger partial charge in [-0.1, -0.05) is 126 Å². The molecule has 0 aliphatic heterocycles. The van der Waals surface area contributed by atoms with Gasteiger partial charge in [0.2, 0.25) is 0 Å².